The number of carbonyl (C=O) groups excluding carboxylic acids is 1. The number of carbonyl (C=O) groups is 1. The molecule has 3 aromatic rings. The minimum atomic E-state index is -0.657. The molecule has 2 heterocycles. The maximum atomic E-state index is 12.8. The number of ether oxygens (including phenoxy) is 2. The summed E-state index contributed by atoms with van der Waals surface area (Å²) in [6, 6.07) is 4.33. The third-order valence-corrected chi connectivity index (χ3v) is 4.20. The molecule has 0 fully saturated rings. The van der Waals surface area contributed by atoms with E-state index in [1.54, 1.807) is 23.9 Å². The third-order valence-electron chi connectivity index (χ3n) is 4.20. The maximum absolute atomic E-state index is 12.8. The summed E-state index contributed by atoms with van der Waals surface area (Å²) in [7, 11) is 1.40. The van der Waals surface area contributed by atoms with Crippen molar-refractivity contribution < 1.29 is 19.2 Å². The number of pyridine rings is 1. The molecule has 3 rings (SSSR count). The van der Waals surface area contributed by atoms with E-state index < -0.39 is 10.8 Å². The van der Waals surface area contributed by atoms with Crippen molar-refractivity contribution in [3.8, 4) is 11.5 Å². The Labute approximate surface area is 166 Å². The number of amides is 1. The van der Waals surface area contributed by atoms with Gasteiger partial charge in [-0.3, -0.25) is 14.9 Å². The number of aromatic nitrogens is 3. The Morgan fingerprint density at radius 3 is 2.66 bits per heavy atom. The molecule has 10 heteroatoms. The van der Waals surface area contributed by atoms with E-state index in [-0.39, 0.29) is 28.8 Å². The highest BCUT2D eigenvalue weighted by Crippen LogP contribution is 2.35. The summed E-state index contributed by atoms with van der Waals surface area (Å²) in [4.78, 5) is 28.0. The van der Waals surface area contributed by atoms with Crippen LogP contribution in [0.1, 0.15) is 37.2 Å². The average Bonchev–Trinajstić information content (AvgIpc) is 3.11. The number of nitro benzene ring substituents is 1. The highest BCUT2D eigenvalue weighted by molar-refractivity contribution is 6.08. The van der Waals surface area contributed by atoms with E-state index in [2.05, 4.69) is 15.4 Å². The Balaban J connectivity index is 1.95. The quantitative estimate of drug-likeness (QED) is 0.476. The zero-order chi connectivity index (χ0) is 21.1. The number of rotatable bonds is 7. The fourth-order valence-electron chi connectivity index (χ4n) is 2.89. The van der Waals surface area contributed by atoms with E-state index in [4.69, 9.17) is 9.47 Å². The van der Waals surface area contributed by atoms with Crippen LogP contribution in [0, 0.1) is 10.1 Å². The smallest absolute Gasteiger partial charge is 0.286 e. The normalized spacial score (nSPS) is 10.9. The van der Waals surface area contributed by atoms with Crippen molar-refractivity contribution in [3.63, 3.8) is 0 Å². The Morgan fingerprint density at radius 1 is 1.28 bits per heavy atom. The fourth-order valence-corrected chi connectivity index (χ4v) is 2.89. The van der Waals surface area contributed by atoms with Gasteiger partial charge >= 0.3 is 0 Å². The molecule has 29 heavy (non-hydrogen) atoms. The molecule has 0 bridgehead atoms. The molecule has 0 saturated heterocycles. The van der Waals surface area contributed by atoms with Gasteiger partial charge in [0.25, 0.3) is 11.6 Å². The molecule has 0 atom stereocenters. The van der Waals surface area contributed by atoms with Gasteiger partial charge in [0.05, 0.1) is 42.8 Å². The lowest BCUT2D eigenvalue weighted by Gasteiger charge is -2.12. The number of nitrogens with zero attached hydrogens (tertiary/aromatic N) is 4. The van der Waals surface area contributed by atoms with Crippen LogP contribution in [-0.4, -0.2) is 39.3 Å². The molecule has 0 unspecified atom stereocenters. The first-order chi connectivity index (χ1) is 13.8. The van der Waals surface area contributed by atoms with E-state index in [9.17, 15) is 14.9 Å². The van der Waals surface area contributed by atoms with Crippen molar-refractivity contribution in [2.24, 2.45) is 0 Å². The van der Waals surface area contributed by atoms with Crippen LogP contribution in [0.25, 0.3) is 11.0 Å². The van der Waals surface area contributed by atoms with Gasteiger partial charge in [0.2, 0.25) is 0 Å². The van der Waals surface area contributed by atoms with Crippen LogP contribution in [0.5, 0.6) is 11.5 Å². The first kappa shape index (κ1) is 20.1. The monoisotopic (exact) mass is 399 g/mol. The van der Waals surface area contributed by atoms with Crippen molar-refractivity contribution in [3.05, 3.63) is 46.3 Å². The molecule has 0 aliphatic carbocycles. The molecule has 1 aromatic carbocycles. The molecule has 10 nitrogen and oxygen atoms in total. The lowest BCUT2D eigenvalue weighted by Crippen LogP contribution is -2.15. The number of anilines is 1. The molecule has 0 radical (unpaired) electrons. The van der Waals surface area contributed by atoms with Crippen LogP contribution in [0.2, 0.25) is 0 Å². The molecule has 2 aromatic heterocycles. The number of nitro groups is 1. The number of benzene rings is 1. The molecule has 0 aliphatic heterocycles. The predicted octanol–water partition coefficient (Wildman–Crippen LogP) is 3.58. The second-order valence-electron chi connectivity index (χ2n) is 6.48. The number of hydrogen-bond acceptors (Lipinski definition) is 7. The lowest BCUT2D eigenvalue weighted by molar-refractivity contribution is -0.385. The van der Waals surface area contributed by atoms with Gasteiger partial charge in [0.1, 0.15) is 5.56 Å². The van der Waals surface area contributed by atoms with Gasteiger partial charge in [0, 0.05) is 17.5 Å². The molecule has 0 spiro atoms. The van der Waals surface area contributed by atoms with Gasteiger partial charge < -0.3 is 14.8 Å². The Morgan fingerprint density at radius 2 is 2.03 bits per heavy atom. The largest absolute Gasteiger partial charge is 0.493 e. The van der Waals surface area contributed by atoms with Crippen molar-refractivity contribution in [2.75, 3.05) is 19.0 Å². The van der Waals surface area contributed by atoms with Crippen LogP contribution in [0.4, 0.5) is 11.4 Å². The zero-order valence-corrected chi connectivity index (χ0v) is 16.5. The van der Waals surface area contributed by atoms with Crippen LogP contribution in [-0.2, 0) is 0 Å². The van der Waals surface area contributed by atoms with Gasteiger partial charge in [-0.05, 0) is 26.8 Å². The SMILES string of the molecule is CCOc1cc([N+](=O)[O-])c(C(=O)Nc2cnc3c(cnn3C(C)C)c2)cc1OC. The van der Waals surface area contributed by atoms with E-state index in [1.807, 2.05) is 13.8 Å². The molecule has 0 saturated carbocycles. The minimum absolute atomic E-state index is 0.138. The van der Waals surface area contributed by atoms with Gasteiger partial charge in [-0.15, -0.1) is 0 Å². The van der Waals surface area contributed by atoms with Crippen LogP contribution < -0.4 is 14.8 Å². The van der Waals surface area contributed by atoms with Gasteiger partial charge in [-0.1, -0.05) is 0 Å². The summed E-state index contributed by atoms with van der Waals surface area (Å²) in [6.45, 7) is 6.02. The fraction of sp³-hybridized carbons (Fsp3) is 0.316. The van der Waals surface area contributed by atoms with Gasteiger partial charge in [-0.2, -0.15) is 5.10 Å². The molecular formula is C19H21N5O5. The lowest BCUT2D eigenvalue weighted by atomic mass is 10.1. The predicted molar refractivity (Wildman–Crippen MR) is 107 cm³/mol. The number of nitrogens with one attached hydrogen (secondary N) is 1. The molecule has 152 valence electrons. The Bertz CT molecular complexity index is 1080. The van der Waals surface area contributed by atoms with Crippen molar-refractivity contribution in [2.45, 2.75) is 26.8 Å². The number of methoxy groups -OCH3 is 1. The summed E-state index contributed by atoms with van der Waals surface area (Å²) in [6.07, 6.45) is 3.14. The van der Waals surface area contributed by atoms with E-state index in [0.29, 0.717) is 17.9 Å². The third kappa shape index (κ3) is 3.96. The van der Waals surface area contributed by atoms with Crippen molar-refractivity contribution >= 4 is 28.3 Å². The highest BCUT2D eigenvalue weighted by Gasteiger charge is 2.25. The van der Waals surface area contributed by atoms with Crippen LogP contribution >= 0.6 is 0 Å². The van der Waals surface area contributed by atoms with E-state index >= 15 is 0 Å². The summed E-state index contributed by atoms with van der Waals surface area (Å²) in [5.41, 5.74) is 0.557. The minimum Gasteiger partial charge on any atom is -0.493 e. The Kier molecular flexibility index (Phi) is 5.62. The van der Waals surface area contributed by atoms with Crippen LogP contribution in [0.15, 0.2) is 30.6 Å². The molecule has 0 aliphatic rings. The second-order valence-corrected chi connectivity index (χ2v) is 6.48. The zero-order valence-electron chi connectivity index (χ0n) is 16.5. The second kappa shape index (κ2) is 8.13. The summed E-state index contributed by atoms with van der Waals surface area (Å²) < 4.78 is 12.3. The van der Waals surface area contributed by atoms with Gasteiger partial charge in [-0.25, -0.2) is 9.67 Å². The Hall–Kier alpha value is -3.69. The average molecular weight is 399 g/mol. The number of hydrogen-bond donors (Lipinski definition) is 1. The van der Waals surface area contributed by atoms with Gasteiger partial charge in [0.15, 0.2) is 17.1 Å². The van der Waals surface area contributed by atoms with Crippen molar-refractivity contribution in [1.29, 1.82) is 0 Å². The van der Waals surface area contributed by atoms with Crippen LogP contribution in [0.3, 0.4) is 0 Å². The first-order valence-corrected chi connectivity index (χ1v) is 8.99. The summed E-state index contributed by atoms with van der Waals surface area (Å²) in [5, 5.41) is 19.2. The van der Waals surface area contributed by atoms with E-state index in [0.717, 1.165) is 5.39 Å². The standard InChI is InChI=1S/C19H21N5O5/c1-5-29-17-8-15(24(26)27)14(7-16(17)28-4)19(25)22-13-6-12-9-21-23(11(2)3)18(12)20-10-13/h6-11H,5H2,1-4H3,(H,22,25). The summed E-state index contributed by atoms with van der Waals surface area (Å²) >= 11 is 0. The van der Waals surface area contributed by atoms with E-state index in [1.165, 1.54) is 25.4 Å². The van der Waals surface area contributed by atoms with Crippen molar-refractivity contribution in [1.82, 2.24) is 14.8 Å². The molecule has 1 N–H and O–H groups in total. The topological polar surface area (TPSA) is 121 Å². The molecule has 1 amide bonds. The first-order valence-electron chi connectivity index (χ1n) is 8.99. The maximum Gasteiger partial charge on any atom is 0.286 e. The molecular weight excluding hydrogens is 378 g/mol. The highest BCUT2D eigenvalue weighted by atomic mass is 16.6. The summed E-state index contributed by atoms with van der Waals surface area (Å²) in [5.74, 6) is -0.229. The number of fused-ring (bicyclic) bond motifs is 1.